The Hall–Kier alpha value is -2.98. The number of aromatic nitrogens is 1. The van der Waals surface area contributed by atoms with Crippen LogP contribution >= 0.6 is 0 Å². The first kappa shape index (κ1) is 23.4. The summed E-state index contributed by atoms with van der Waals surface area (Å²) >= 11 is 0. The molecule has 1 aromatic heterocycles. The van der Waals surface area contributed by atoms with Gasteiger partial charge in [0, 0.05) is 55.5 Å². The van der Waals surface area contributed by atoms with Crippen LogP contribution in [-0.2, 0) is 11.2 Å². The zero-order valence-corrected chi connectivity index (χ0v) is 21.1. The van der Waals surface area contributed by atoms with Gasteiger partial charge in [0.1, 0.15) is 6.07 Å². The molecule has 3 aliphatic heterocycles. The van der Waals surface area contributed by atoms with Crippen LogP contribution in [0, 0.1) is 11.3 Å². The highest BCUT2D eigenvalue weighted by atomic mass is 16.5. The van der Waals surface area contributed by atoms with E-state index in [0.717, 1.165) is 56.7 Å². The second-order valence-corrected chi connectivity index (χ2v) is 10.7. The summed E-state index contributed by atoms with van der Waals surface area (Å²) in [5.41, 5.74) is 5.49. The number of benzene rings is 2. The van der Waals surface area contributed by atoms with Gasteiger partial charge in [0.25, 0.3) is 0 Å². The number of fused-ring (bicyclic) bond motifs is 2. The predicted octanol–water partition coefficient (Wildman–Crippen LogP) is 4.09. The fourth-order valence-corrected chi connectivity index (χ4v) is 6.54. The number of rotatable bonds is 4. The third-order valence-electron chi connectivity index (χ3n) is 8.37. The molecule has 4 unspecified atom stereocenters. The molecule has 0 aliphatic carbocycles. The molecule has 6 rings (SSSR count). The number of ether oxygens (including phenoxy) is 1. The molecule has 0 saturated carbocycles. The maximum absolute atomic E-state index is 9.55. The molecule has 1 N–H and O–H groups in total. The van der Waals surface area contributed by atoms with Gasteiger partial charge in [0.15, 0.2) is 0 Å². The van der Waals surface area contributed by atoms with Crippen LogP contribution in [0.5, 0.6) is 0 Å². The third-order valence-corrected chi connectivity index (χ3v) is 8.37. The Balaban J connectivity index is 1.18. The third kappa shape index (κ3) is 4.59. The Morgan fingerprint density at radius 2 is 2.03 bits per heavy atom. The predicted molar refractivity (Wildman–Crippen MR) is 143 cm³/mol. The molecule has 36 heavy (non-hydrogen) atoms. The summed E-state index contributed by atoms with van der Waals surface area (Å²) in [6.45, 7) is 8.26. The van der Waals surface area contributed by atoms with Crippen molar-refractivity contribution in [1.82, 2.24) is 15.2 Å². The number of nitrogens with one attached hydrogen (secondary N) is 1. The van der Waals surface area contributed by atoms with E-state index in [4.69, 9.17) is 4.74 Å². The zero-order chi connectivity index (χ0) is 24.5. The quantitative estimate of drug-likeness (QED) is 0.606. The van der Waals surface area contributed by atoms with Crippen molar-refractivity contribution in [3.8, 4) is 6.07 Å². The van der Waals surface area contributed by atoms with Crippen LogP contribution in [0.1, 0.15) is 42.4 Å². The maximum Gasteiger partial charge on any atom is 0.101 e. The molecule has 3 saturated heterocycles. The molecule has 4 atom stereocenters. The molecule has 0 amide bonds. The average Bonchev–Trinajstić information content (AvgIpc) is 2.93. The van der Waals surface area contributed by atoms with E-state index in [2.05, 4.69) is 69.5 Å². The molecule has 2 aromatic carbocycles. The van der Waals surface area contributed by atoms with Crippen molar-refractivity contribution in [2.24, 2.45) is 0 Å². The zero-order valence-electron chi connectivity index (χ0n) is 21.1. The first-order valence-corrected chi connectivity index (χ1v) is 13.4. The molecule has 6 heteroatoms. The Kier molecular flexibility index (Phi) is 6.62. The molecule has 3 fully saturated rings. The van der Waals surface area contributed by atoms with E-state index in [9.17, 15) is 5.26 Å². The van der Waals surface area contributed by atoms with Gasteiger partial charge in [-0.1, -0.05) is 24.3 Å². The van der Waals surface area contributed by atoms with Gasteiger partial charge in [0.05, 0.1) is 23.8 Å². The SMILES string of the molecule is CC1CN(c2ccc(C#N)c3ncccc23)CC2CC(c3ccc(CC4CNCCO4)cc3)CCN12. The topological polar surface area (TPSA) is 64.4 Å². The van der Waals surface area contributed by atoms with Crippen LogP contribution in [0.25, 0.3) is 10.9 Å². The normalized spacial score (nSPS) is 26.9. The molecular weight excluding hydrogens is 446 g/mol. The average molecular weight is 482 g/mol. The second kappa shape index (κ2) is 10.2. The Morgan fingerprint density at radius 1 is 1.14 bits per heavy atom. The van der Waals surface area contributed by atoms with Gasteiger partial charge >= 0.3 is 0 Å². The molecule has 3 aromatic rings. The lowest BCUT2D eigenvalue weighted by Gasteiger charge is -2.50. The fourth-order valence-electron chi connectivity index (χ4n) is 6.54. The number of hydrogen-bond acceptors (Lipinski definition) is 6. The van der Waals surface area contributed by atoms with Crippen molar-refractivity contribution < 1.29 is 4.74 Å². The van der Waals surface area contributed by atoms with Crippen molar-refractivity contribution in [3.05, 3.63) is 71.4 Å². The van der Waals surface area contributed by atoms with Crippen molar-refractivity contribution in [1.29, 1.82) is 5.26 Å². The van der Waals surface area contributed by atoms with Crippen molar-refractivity contribution in [3.63, 3.8) is 0 Å². The van der Waals surface area contributed by atoms with Gasteiger partial charge in [0.2, 0.25) is 0 Å². The molecule has 3 aliphatic rings. The van der Waals surface area contributed by atoms with Crippen LogP contribution in [0.4, 0.5) is 5.69 Å². The second-order valence-electron chi connectivity index (χ2n) is 10.7. The van der Waals surface area contributed by atoms with E-state index < -0.39 is 0 Å². The van der Waals surface area contributed by atoms with Gasteiger partial charge in [-0.3, -0.25) is 9.88 Å². The molecular formula is C30H35N5O. The minimum atomic E-state index is 0.288. The standard InChI is InChI=1S/C30H35N5O/c1-21-19-34(29-9-8-25(17-31)30-28(29)3-2-11-33-30)20-26-16-24(10-13-35(21)26)23-6-4-22(5-7-23)15-27-18-32-12-14-36-27/h2-9,11,21,24,26-27,32H,10,12-16,18-20H2,1H3. The van der Waals surface area contributed by atoms with Gasteiger partial charge in [-0.25, -0.2) is 0 Å². The van der Waals surface area contributed by atoms with E-state index in [1.54, 1.807) is 6.20 Å². The maximum atomic E-state index is 9.55. The van der Waals surface area contributed by atoms with Gasteiger partial charge in [-0.15, -0.1) is 0 Å². The van der Waals surface area contributed by atoms with Crippen molar-refractivity contribution >= 4 is 16.6 Å². The number of anilines is 1. The number of piperazine rings is 1. The summed E-state index contributed by atoms with van der Waals surface area (Å²) < 4.78 is 5.89. The van der Waals surface area contributed by atoms with Gasteiger partial charge < -0.3 is 15.0 Å². The highest BCUT2D eigenvalue weighted by Crippen LogP contribution is 2.37. The number of morpholine rings is 1. The molecule has 186 valence electrons. The van der Waals surface area contributed by atoms with Crippen LogP contribution in [0.3, 0.4) is 0 Å². The summed E-state index contributed by atoms with van der Waals surface area (Å²) in [6, 6.07) is 20.8. The van der Waals surface area contributed by atoms with Crippen molar-refractivity contribution in [2.45, 2.75) is 50.3 Å². The molecule has 6 nitrogen and oxygen atoms in total. The van der Waals surface area contributed by atoms with Crippen LogP contribution in [-0.4, -0.2) is 67.4 Å². The van der Waals surface area contributed by atoms with Crippen LogP contribution in [0.15, 0.2) is 54.7 Å². The number of pyridine rings is 1. The number of piperidine rings is 1. The minimum absolute atomic E-state index is 0.288. The Morgan fingerprint density at radius 3 is 2.83 bits per heavy atom. The first-order valence-electron chi connectivity index (χ1n) is 13.4. The van der Waals surface area contributed by atoms with E-state index in [1.807, 2.05) is 12.1 Å². The molecule has 0 radical (unpaired) electrons. The van der Waals surface area contributed by atoms with Crippen LogP contribution in [0.2, 0.25) is 0 Å². The molecule has 0 spiro atoms. The van der Waals surface area contributed by atoms with Crippen LogP contribution < -0.4 is 10.2 Å². The summed E-state index contributed by atoms with van der Waals surface area (Å²) in [4.78, 5) is 9.78. The van der Waals surface area contributed by atoms with Crippen molar-refractivity contribution in [2.75, 3.05) is 44.2 Å². The highest BCUT2D eigenvalue weighted by molar-refractivity contribution is 5.95. The lowest BCUT2D eigenvalue weighted by Crippen LogP contribution is -2.60. The van der Waals surface area contributed by atoms with Gasteiger partial charge in [-0.05, 0) is 74.0 Å². The number of hydrogen-bond donors (Lipinski definition) is 1. The lowest BCUT2D eigenvalue weighted by molar-refractivity contribution is 0.0292. The van der Waals surface area contributed by atoms with E-state index in [-0.39, 0.29) is 6.10 Å². The molecule has 4 heterocycles. The summed E-state index contributed by atoms with van der Waals surface area (Å²) in [6.07, 6.45) is 5.45. The highest BCUT2D eigenvalue weighted by Gasteiger charge is 2.37. The largest absolute Gasteiger partial charge is 0.375 e. The monoisotopic (exact) mass is 481 g/mol. The smallest absolute Gasteiger partial charge is 0.101 e. The summed E-state index contributed by atoms with van der Waals surface area (Å²) in [5, 5.41) is 14.1. The summed E-state index contributed by atoms with van der Waals surface area (Å²) in [5.74, 6) is 0.597. The van der Waals surface area contributed by atoms with E-state index in [0.29, 0.717) is 23.6 Å². The van der Waals surface area contributed by atoms with E-state index >= 15 is 0 Å². The van der Waals surface area contributed by atoms with E-state index in [1.165, 1.54) is 29.7 Å². The fraction of sp³-hybridized carbons (Fsp3) is 0.467. The summed E-state index contributed by atoms with van der Waals surface area (Å²) in [7, 11) is 0. The number of nitrogens with zero attached hydrogens (tertiary/aromatic N) is 4. The van der Waals surface area contributed by atoms with Gasteiger partial charge in [-0.2, -0.15) is 5.26 Å². The lowest BCUT2D eigenvalue weighted by atomic mass is 9.83. The first-order chi connectivity index (χ1) is 17.7. The number of nitriles is 1. The Labute approximate surface area is 213 Å². The Bertz CT molecular complexity index is 1250. The minimum Gasteiger partial charge on any atom is -0.375 e. The molecule has 0 bridgehead atoms.